The van der Waals surface area contributed by atoms with E-state index in [1.54, 1.807) is 14.2 Å². The number of carbonyl (C=O) groups excluding carboxylic acids is 1. The molecule has 0 spiro atoms. The van der Waals surface area contributed by atoms with E-state index in [1.165, 1.54) is 22.7 Å². The number of nitrogens with zero attached hydrogens (tertiary/aromatic N) is 2. The smallest absolute Gasteiger partial charge is 0.217 e. The summed E-state index contributed by atoms with van der Waals surface area (Å²) in [6.07, 6.45) is 0. The lowest BCUT2D eigenvalue weighted by Gasteiger charge is -2.04. The molecule has 2 heterocycles. The van der Waals surface area contributed by atoms with Gasteiger partial charge >= 0.3 is 0 Å². The second-order valence-electron chi connectivity index (χ2n) is 9.17. The molecule has 2 N–H and O–H groups in total. The second kappa shape index (κ2) is 12.3. The van der Waals surface area contributed by atoms with Gasteiger partial charge in [0.05, 0.1) is 25.6 Å². The Bertz CT molecular complexity index is 1700. The number of aromatic nitrogens is 2. The monoisotopic (exact) mass is 590 g/mol. The Hall–Kier alpha value is -4.99. The van der Waals surface area contributed by atoms with Crippen molar-refractivity contribution in [2.24, 2.45) is 0 Å². The predicted molar refractivity (Wildman–Crippen MR) is 171 cm³/mol. The molecule has 0 radical (unpaired) electrons. The zero-order chi connectivity index (χ0) is 28.9. The Morgan fingerprint density at radius 3 is 1.43 bits per heavy atom. The van der Waals surface area contributed by atoms with E-state index >= 15 is 0 Å². The van der Waals surface area contributed by atoms with Gasteiger partial charge < -0.3 is 20.1 Å². The van der Waals surface area contributed by atoms with Crippen LogP contribution in [-0.2, 0) is 0 Å². The first kappa shape index (κ1) is 27.2. The third-order valence-electron chi connectivity index (χ3n) is 6.40. The maximum Gasteiger partial charge on any atom is 0.217 e. The van der Waals surface area contributed by atoms with Crippen molar-refractivity contribution in [3.63, 3.8) is 0 Å². The number of hydrogen-bond donors (Lipinski definition) is 2. The summed E-state index contributed by atoms with van der Waals surface area (Å²) in [6.45, 7) is 0. The Balaban J connectivity index is 1.43. The molecule has 0 aliphatic heterocycles. The van der Waals surface area contributed by atoms with Crippen LogP contribution in [0.5, 0.6) is 11.5 Å². The fourth-order valence-corrected chi connectivity index (χ4v) is 6.36. The fraction of sp³-hybridized carbons (Fsp3) is 0.0606. The van der Waals surface area contributed by atoms with Gasteiger partial charge in [0.1, 0.15) is 21.3 Å². The van der Waals surface area contributed by atoms with Gasteiger partial charge in [-0.25, -0.2) is 9.97 Å². The van der Waals surface area contributed by atoms with Crippen LogP contribution < -0.4 is 20.1 Å². The molecule has 9 heteroatoms. The predicted octanol–water partition coefficient (Wildman–Crippen LogP) is 8.67. The number of carbonyl (C=O) groups is 1. The van der Waals surface area contributed by atoms with E-state index in [2.05, 4.69) is 10.6 Å². The summed E-state index contributed by atoms with van der Waals surface area (Å²) in [6, 6.07) is 34.7. The van der Waals surface area contributed by atoms with Crippen molar-refractivity contribution in [1.29, 1.82) is 0 Å². The largest absolute Gasteiger partial charge is 0.497 e. The summed E-state index contributed by atoms with van der Waals surface area (Å²) in [4.78, 5) is 25.2. The lowest BCUT2D eigenvalue weighted by atomic mass is 10.1. The molecule has 7 nitrogen and oxygen atoms in total. The molecule has 0 unspecified atom stereocenters. The van der Waals surface area contributed by atoms with Crippen LogP contribution in [-0.4, -0.2) is 30.0 Å². The van der Waals surface area contributed by atoms with Gasteiger partial charge in [0.15, 0.2) is 10.3 Å². The number of nitrogens with one attached hydrogen (secondary N) is 2. The van der Waals surface area contributed by atoms with Crippen LogP contribution in [0.4, 0.5) is 21.6 Å². The quantitative estimate of drug-likeness (QED) is 0.154. The molecular weight excluding hydrogens is 565 g/mol. The molecule has 208 valence electrons. The number of benzene rings is 4. The van der Waals surface area contributed by atoms with Crippen LogP contribution >= 0.6 is 22.7 Å². The van der Waals surface area contributed by atoms with Crippen molar-refractivity contribution in [2.45, 2.75) is 0 Å². The van der Waals surface area contributed by atoms with Crippen molar-refractivity contribution in [1.82, 2.24) is 9.97 Å². The highest BCUT2D eigenvalue weighted by atomic mass is 32.1. The third-order valence-corrected chi connectivity index (χ3v) is 8.34. The van der Waals surface area contributed by atoms with E-state index in [4.69, 9.17) is 19.4 Å². The zero-order valence-corrected chi connectivity index (χ0v) is 24.5. The first-order valence-electron chi connectivity index (χ1n) is 13.1. The van der Waals surface area contributed by atoms with E-state index in [-0.39, 0.29) is 5.78 Å². The highest BCUT2D eigenvalue weighted by molar-refractivity contribution is 7.21. The SMILES string of the molecule is COc1cccc(Nc2nc(-c3ccccc3)c(C(=O)c3sc(Nc4cccc(OC)c4)nc3-c3ccccc3)s2)c1. The third kappa shape index (κ3) is 5.88. The van der Waals surface area contributed by atoms with Crippen LogP contribution in [0.25, 0.3) is 22.5 Å². The Morgan fingerprint density at radius 2 is 1.02 bits per heavy atom. The number of anilines is 4. The van der Waals surface area contributed by atoms with E-state index < -0.39 is 0 Å². The molecule has 0 saturated carbocycles. The molecule has 6 rings (SSSR count). The fourth-order valence-electron chi connectivity index (χ4n) is 4.39. The molecule has 0 amide bonds. The van der Waals surface area contributed by atoms with E-state index in [1.807, 2.05) is 109 Å². The standard InChI is InChI=1S/C33H26N4O3S2/c1-39-25-17-9-15-23(19-25)34-32-36-27(21-11-5-3-6-12-21)30(41-32)29(38)31-28(22-13-7-4-8-14-22)37-33(42-31)35-24-16-10-18-26(20-24)40-2/h3-20H,1-2H3,(H,34,36)(H,35,37). The topological polar surface area (TPSA) is 85.4 Å². The molecule has 0 fully saturated rings. The average Bonchev–Trinajstić information content (AvgIpc) is 3.66. The second-order valence-corrected chi connectivity index (χ2v) is 11.2. The summed E-state index contributed by atoms with van der Waals surface area (Å²) in [5.74, 6) is 1.31. The molecule has 2 aromatic heterocycles. The summed E-state index contributed by atoms with van der Waals surface area (Å²) in [5.41, 5.74) is 4.58. The molecule has 0 aliphatic carbocycles. The van der Waals surface area contributed by atoms with Gasteiger partial charge in [-0.2, -0.15) is 0 Å². The van der Waals surface area contributed by atoms with Crippen molar-refractivity contribution in [2.75, 3.05) is 24.9 Å². The number of methoxy groups -OCH3 is 2. The Morgan fingerprint density at radius 1 is 0.595 bits per heavy atom. The van der Waals surface area contributed by atoms with Gasteiger partial charge in [0.2, 0.25) is 5.78 Å². The number of hydrogen-bond acceptors (Lipinski definition) is 9. The number of thiazole rings is 2. The summed E-state index contributed by atoms with van der Waals surface area (Å²) in [7, 11) is 3.26. The van der Waals surface area contributed by atoms with Gasteiger partial charge in [0, 0.05) is 34.6 Å². The van der Waals surface area contributed by atoms with Crippen LogP contribution in [0.1, 0.15) is 14.5 Å². The van der Waals surface area contributed by atoms with Crippen LogP contribution in [0.3, 0.4) is 0 Å². The van der Waals surface area contributed by atoms with Crippen LogP contribution in [0.15, 0.2) is 109 Å². The van der Waals surface area contributed by atoms with E-state index in [0.717, 1.165) is 34.0 Å². The minimum atomic E-state index is -0.139. The highest BCUT2D eigenvalue weighted by Crippen LogP contribution is 2.40. The van der Waals surface area contributed by atoms with Crippen LogP contribution in [0, 0.1) is 0 Å². The molecular formula is C33H26N4O3S2. The first-order valence-corrected chi connectivity index (χ1v) is 14.7. The lowest BCUT2D eigenvalue weighted by molar-refractivity contribution is 0.104. The molecule has 0 saturated heterocycles. The molecule has 6 aromatic rings. The molecule has 4 aromatic carbocycles. The van der Waals surface area contributed by atoms with Crippen LogP contribution in [0.2, 0.25) is 0 Å². The van der Waals surface area contributed by atoms with Crippen molar-refractivity contribution < 1.29 is 14.3 Å². The molecule has 0 atom stereocenters. The normalized spacial score (nSPS) is 10.7. The minimum Gasteiger partial charge on any atom is -0.497 e. The minimum absolute atomic E-state index is 0.139. The van der Waals surface area contributed by atoms with Crippen molar-refractivity contribution in [3.05, 3.63) is 119 Å². The van der Waals surface area contributed by atoms with Crippen molar-refractivity contribution in [3.8, 4) is 34.0 Å². The summed E-state index contributed by atoms with van der Waals surface area (Å²) < 4.78 is 10.7. The highest BCUT2D eigenvalue weighted by Gasteiger charge is 2.27. The maximum atomic E-state index is 14.4. The van der Waals surface area contributed by atoms with Crippen molar-refractivity contribution >= 4 is 50.1 Å². The number of ether oxygens (including phenoxy) is 2. The number of ketones is 1. The Kier molecular flexibility index (Phi) is 7.94. The van der Waals surface area contributed by atoms with E-state index in [0.29, 0.717) is 31.4 Å². The van der Waals surface area contributed by atoms with E-state index in [9.17, 15) is 4.79 Å². The molecule has 42 heavy (non-hydrogen) atoms. The van der Waals surface area contributed by atoms with Gasteiger partial charge in [-0.15, -0.1) is 0 Å². The maximum absolute atomic E-state index is 14.4. The average molecular weight is 591 g/mol. The first-order chi connectivity index (χ1) is 20.6. The molecule has 0 aliphatic rings. The number of rotatable bonds is 10. The van der Waals surface area contributed by atoms with Gasteiger partial charge in [-0.1, -0.05) is 95.5 Å². The molecule has 0 bridgehead atoms. The zero-order valence-electron chi connectivity index (χ0n) is 22.8. The summed E-state index contributed by atoms with van der Waals surface area (Å²) in [5, 5.41) is 7.90. The lowest BCUT2D eigenvalue weighted by Crippen LogP contribution is -2.00. The summed E-state index contributed by atoms with van der Waals surface area (Å²) >= 11 is 2.63. The van der Waals surface area contributed by atoms with Gasteiger partial charge in [-0.3, -0.25) is 4.79 Å². The van der Waals surface area contributed by atoms with Gasteiger partial charge in [-0.05, 0) is 24.3 Å². The van der Waals surface area contributed by atoms with Gasteiger partial charge in [0.25, 0.3) is 0 Å². The Labute approximate surface area is 251 Å².